The van der Waals surface area contributed by atoms with Crippen molar-refractivity contribution >= 4 is 5.69 Å². The van der Waals surface area contributed by atoms with E-state index in [9.17, 15) is 18.0 Å². The van der Waals surface area contributed by atoms with E-state index >= 15 is 0 Å². The van der Waals surface area contributed by atoms with Crippen LogP contribution in [0.3, 0.4) is 0 Å². The third-order valence-electron chi connectivity index (χ3n) is 5.07. The van der Waals surface area contributed by atoms with E-state index in [1.165, 1.54) is 6.20 Å². The second-order valence-electron chi connectivity index (χ2n) is 7.09. The van der Waals surface area contributed by atoms with Gasteiger partial charge >= 0.3 is 5.56 Å². The third kappa shape index (κ3) is 3.84. The number of piperazine rings is 1. The van der Waals surface area contributed by atoms with Crippen molar-refractivity contribution in [3.05, 3.63) is 46.4 Å². The van der Waals surface area contributed by atoms with Crippen LogP contribution in [0, 0.1) is 11.6 Å². The summed E-state index contributed by atoms with van der Waals surface area (Å²) in [7, 11) is 0. The van der Waals surface area contributed by atoms with Crippen LogP contribution in [0.15, 0.2) is 29.2 Å². The molecule has 0 radical (unpaired) electrons. The molecule has 2 fully saturated rings. The van der Waals surface area contributed by atoms with E-state index in [0.29, 0.717) is 31.6 Å². The molecule has 1 aliphatic carbocycles. The molecule has 2 atom stereocenters. The molecule has 150 valence electrons. The van der Waals surface area contributed by atoms with Crippen molar-refractivity contribution in [1.29, 1.82) is 0 Å². The number of hydrogen-bond acceptors (Lipinski definition) is 5. The average molecular weight is 394 g/mol. The van der Waals surface area contributed by atoms with E-state index in [1.807, 2.05) is 4.90 Å². The zero-order valence-electron chi connectivity index (χ0n) is 15.2. The van der Waals surface area contributed by atoms with Crippen LogP contribution in [0.25, 0.3) is 5.69 Å². The Morgan fingerprint density at radius 2 is 1.82 bits per heavy atom. The maximum absolute atomic E-state index is 13.6. The standard InChI is InChI=1S/C19H21F3N4O2/c20-12-1-2-16(10-12)28-18-17(25-5-3-23-4-6-25)11-24-26(19(18)27)15-8-13(21)7-14(22)9-15/h7-9,11-12,16,23H,1-6,10H2/t12-,16?/m1/s1. The second-order valence-corrected chi connectivity index (χ2v) is 7.09. The maximum atomic E-state index is 13.6. The minimum absolute atomic E-state index is 0.0333. The van der Waals surface area contributed by atoms with Crippen molar-refractivity contribution in [3.63, 3.8) is 0 Å². The minimum atomic E-state index is -0.950. The predicted octanol–water partition coefficient (Wildman–Crippen LogP) is 2.19. The smallest absolute Gasteiger partial charge is 0.316 e. The Labute approximate surface area is 159 Å². The van der Waals surface area contributed by atoms with Gasteiger partial charge in [0.15, 0.2) is 0 Å². The van der Waals surface area contributed by atoms with Crippen molar-refractivity contribution in [2.75, 3.05) is 31.1 Å². The van der Waals surface area contributed by atoms with E-state index in [1.54, 1.807) is 0 Å². The fourth-order valence-electron chi connectivity index (χ4n) is 3.68. The SMILES string of the molecule is O=c1c(OC2CC[C@@H](F)C2)c(N2CCNCC2)cnn1-c1cc(F)cc(F)c1. The lowest BCUT2D eigenvalue weighted by molar-refractivity contribution is 0.193. The first-order chi connectivity index (χ1) is 13.5. The molecule has 9 heteroatoms. The van der Waals surface area contributed by atoms with Gasteiger partial charge in [-0.05, 0) is 25.0 Å². The normalized spacial score (nSPS) is 22.5. The number of rotatable bonds is 4. The van der Waals surface area contributed by atoms with Crippen LogP contribution in [-0.4, -0.2) is 48.2 Å². The van der Waals surface area contributed by atoms with E-state index in [2.05, 4.69) is 10.4 Å². The molecule has 2 aliphatic rings. The molecular formula is C19H21F3N4O2. The van der Waals surface area contributed by atoms with Crippen LogP contribution >= 0.6 is 0 Å². The molecule has 1 saturated heterocycles. The summed E-state index contributed by atoms with van der Waals surface area (Å²) in [6.45, 7) is 2.81. The first-order valence-corrected chi connectivity index (χ1v) is 9.36. The molecule has 1 aromatic heterocycles. The van der Waals surface area contributed by atoms with Crippen molar-refractivity contribution in [3.8, 4) is 11.4 Å². The van der Waals surface area contributed by atoms with Gasteiger partial charge in [-0.15, -0.1) is 0 Å². The Balaban J connectivity index is 1.76. The first-order valence-electron chi connectivity index (χ1n) is 9.36. The lowest BCUT2D eigenvalue weighted by Gasteiger charge is -2.31. The molecule has 2 aromatic rings. The highest BCUT2D eigenvalue weighted by molar-refractivity contribution is 5.57. The zero-order valence-corrected chi connectivity index (χ0v) is 15.2. The summed E-state index contributed by atoms with van der Waals surface area (Å²) < 4.78 is 47.7. The average Bonchev–Trinajstić information content (AvgIpc) is 3.08. The van der Waals surface area contributed by atoms with E-state index in [-0.39, 0.29) is 17.9 Å². The number of halogens is 3. The van der Waals surface area contributed by atoms with Crippen molar-refractivity contribution in [2.45, 2.75) is 31.5 Å². The van der Waals surface area contributed by atoms with E-state index in [4.69, 9.17) is 4.74 Å². The summed E-state index contributed by atoms with van der Waals surface area (Å²) in [5.74, 6) is -1.58. The Kier molecular flexibility index (Phi) is 5.25. The van der Waals surface area contributed by atoms with Gasteiger partial charge < -0.3 is 15.0 Å². The molecule has 1 saturated carbocycles. The Morgan fingerprint density at radius 3 is 2.46 bits per heavy atom. The molecule has 2 heterocycles. The lowest BCUT2D eigenvalue weighted by Crippen LogP contribution is -2.44. The number of ether oxygens (including phenoxy) is 1. The molecule has 6 nitrogen and oxygen atoms in total. The van der Waals surface area contributed by atoms with Gasteiger partial charge in [-0.2, -0.15) is 9.78 Å². The summed E-state index contributed by atoms with van der Waals surface area (Å²) in [6, 6.07) is 2.78. The van der Waals surface area contributed by atoms with Gasteiger partial charge in [0, 0.05) is 38.7 Å². The summed E-state index contributed by atoms with van der Waals surface area (Å²) in [5.41, 5.74) is -0.140. The Bertz CT molecular complexity index is 894. The quantitative estimate of drug-likeness (QED) is 0.862. The van der Waals surface area contributed by atoms with Crippen molar-refractivity contribution in [1.82, 2.24) is 15.1 Å². The highest BCUT2D eigenvalue weighted by Gasteiger charge is 2.29. The van der Waals surface area contributed by atoms with Gasteiger partial charge in [-0.3, -0.25) is 4.79 Å². The number of nitrogens with one attached hydrogen (secondary N) is 1. The largest absolute Gasteiger partial charge is 0.483 e. The molecule has 0 bridgehead atoms. The number of nitrogens with zero attached hydrogens (tertiary/aromatic N) is 3. The maximum Gasteiger partial charge on any atom is 0.316 e. The van der Waals surface area contributed by atoms with Crippen LogP contribution < -0.4 is 20.5 Å². The van der Waals surface area contributed by atoms with Crippen LogP contribution in [0.5, 0.6) is 5.75 Å². The Hall–Kier alpha value is -2.55. The summed E-state index contributed by atoms with van der Waals surface area (Å²) in [5, 5.41) is 7.34. The fraction of sp³-hybridized carbons (Fsp3) is 0.474. The molecule has 28 heavy (non-hydrogen) atoms. The van der Waals surface area contributed by atoms with Crippen LogP contribution in [0.1, 0.15) is 19.3 Å². The van der Waals surface area contributed by atoms with Crippen LogP contribution in [-0.2, 0) is 0 Å². The second kappa shape index (κ2) is 7.83. The number of anilines is 1. The van der Waals surface area contributed by atoms with E-state index < -0.39 is 29.5 Å². The van der Waals surface area contributed by atoms with Gasteiger partial charge in [0.2, 0.25) is 5.75 Å². The zero-order chi connectivity index (χ0) is 19.7. The number of alkyl halides is 1. The molecule has 1 unspecified atom stereocenters. The van der Waals surface area contributed by atoms with Crippen LogP contribution in [0.4, 0.5) is 18.9 Å². The minimum Gasteiger partial charge on any atom is -0.483 e. The van der Waals surface area contributed by atoms with Gasteiger partial charge in [-0.1, -0.05) is 0 Å². The predicted molar refractivity (Wildman–Crippen MR) is 98.0 cm³/mol. The van der Waals surface area contributed by atoms with Gasteiger partial charge in [0.05, 0.1) is 11.9 Å². The topological polar surface area (TPSA) is 59.4 Å². The van der Waals surface area contributed by atoms with Gasteiger partial charge in [0.25, 0.3) is 0 Å². The molecule has 0 amide bonds. The molecular weight excluding hydrogens is 373 g/mol. The number of benzene rings is 1. The first kappa shape index (κ1) is 18.8. The van der Waals surface area contributed by atoms with Gasteiger partial charge in [0.1, 0.15) is 29.6 Å². The number of hydrogen-bond donors (Lipinski definition) is 1. The molecule has 1 aliphatic heterocycles. The highest BCUT2D eigenvalue weighted by Crippen LogP contribution is 2.30. The molecule has 1 aromatic carbocycles. The Morgan fingerprint density at radius 1 is 1.11 bits per heavy atom. The highest BCUT2D eigenvalue weighted by atomic mass is 19.1. The molecule has 4 rings (SSSR count). The number of aromatic nitrogens is 2. The van der Waals surface area contributed by atoms with Crippen molar-refractivity contribution < 1.29 is 17.9 Å². The molecule has 0 spiro atoms. The third-order valence-corrected chi connectivity index (χ3v) is 5.07. The monoisotopic (exact) mass is 394 g/mol. The molecule has 1 N–H and O–H groups in total. The lowest BCUT2D eigenvalue weighted by atomic mass is 10.2. The fourth-order valence-corrected chi connectivity index (χ4v) is 3.68. The van der Waals surface area contributed by atoms with Crippen molar-refractivity contribution in [2.24, 2.45) is 0 Å². The van der Waals surface area contributed by atoms with Gasteiger partial charge in [-0.25, -0.2) is 13.2 Å². The van der Waals surface area contributed by atoms with E-state index in [0.717, 1.165) is 36.0 Å². The summed E-state index contributed by atoms with van der Waals surface area (Å²) in [4.78, 5) is 15.1. The van der Waals surface area contributed by atoms with Crippen LogP contribution in [0.2, 0.25) is 0 Å². The summed E-state index contributed by atoms with van der Waals surface area (Å²) >= 11 is 0. The summed E-state index contributed by atoms with van der Waals surface area (Å²) in [6.07, 6.45) is 1.23.